The largest absolute Gasteiger partial charge is 0.297 e. The van der Waals surface area contributed by atoms with Crippen LogP contribution in [0.2, 0.25) is 0 Å². The zero-order chi connectivity index (χ0) is 10.4. The zero-order valence-electron chi connectivity index (χ0n) is 8.48. The van der Waals surface area contributed by atoms with E-state index in [4.69, 9.17) is 4.63 Å². The molecule has 3 rings (SSSR count). The Balaban J connectivity index is 1.97. The topological polar surface area (TPSA) is 42.2 Å². The van der Waals surface area contributed by atoms with Crippen molar-refractivity contribution in [3.63, 3.8) is 0 Å². The summed E-state index contributed by atoms with van der Waals surface area (Å²) in [7, 11) is 2.20. The van der Waals surface area contributed by atoms with Gasteiger partial charge in [-0.3, -0.25) is 4.90 Å². The highest BCUT2D eigenvalue weighted by Crippen LogP contribution is 2.38. The van der Waals surface area contributed by atoms with Gasteiger partial charge in [-0.1, -0.05) is 6.08 Å². The van der Waals surface area contributed by atoms with Crippen molar-refractivity contribution in [2.75, 3.05) is 7.05 Å². The molecule has 0 radical (unpaired) electrons. The summed E-state index contributed by atoms with van der Waals surface area (Å²) in [5.41, 5.74) is 2.15. The number of halogens is 1. The molecule has 0 N–H and O–H groups in total. The molecule has 1 aromatic rings. The van der Waals surface area contributed by atoms with Gasteiger partial charge in [0.15, 0.2) is 4.60 Å². The van der Waals surface area contributed by atoms with E-state index in [0.29, 0.717) is 12.1 Å². The lowest BCUT2D eigenvalue weighted by atomic mass is 10.00. The Morgan fingerprint density at radius 3 is 3.00 bits per heavy atom. The number of rotatable bonds is 1. The third kappa shape index (κ3) is 1.45. The fraction of sp³-hybridized carbons (Fsp3) is 0.600. The van der Waals surface area contributed by atoms with Gasteiger partial charge in [0.25, 0.3) is 0 Å². The molecule has 0 spiro atoms. The van der Waals surface area contributed by atoms with E-state index >= 15 is 0 Å². The summed E-state index contributed by atoms with van der Waals surface area (Å²) in [5.74, 6) is 0. The molecule has 1 aromatic heterocycles. The molecule has 2 bridgehead atoms. The minimum Gasteiger partial charge on any atom is -0.297 e. The predicted octanol–water partition coefficient (Wildman–Crippen LogP) is 2.08. The lowest BCUT2D eigenvalue weighted by molar-refractivity contribution is 0.263. The van der Waals surface area contributed by atoms with Crippen LogP contribution in [0.1, 0.15) is 25.0 Å². The maximum absolute atomic E-state index is 4.71. The van der Waals surface area contributed by atoms with Crippen molar-refractivity contribution in [2.45, 2.75) is 31.3 Å². The highest BCUT2D eigenvalue weighted by atomic mass is 79.9. The van der Waals surface area contributed by atoms with Crippen LogP contribution in [-0.2, 0) is 0 Å². The molecule has 0 amide bonds. The van der Waals surface area contributed by atoms with Gasteiger partial charge in [0.05, 0.1) is 0 Å². The molecule has 80 valence electrons. The summed E-state index contributed by atoms with van der Waals surface area (Å²) in [6.07, 6.45) is 5.89. The first-order chi connectivity index (χ1) is 7.25. The average molecular weight is 270 g/mol. The normalized spacial score (nSPS) is 30.7. The molecule has 2 aliphatic heterocycles. The molecular weight excluding hydrogens is 258 g/mol. The molecule has 15 heavy (non-hydrogen) atoms. The van der Waals surface area contributed by atoms with Crippen molar-refractivity contribution in [3.05, 3.63) is 16.4 Å². The van der Waals surface area contributed by atoms with Gasteiger partial charge in [-0.15, -0.1) is 0 Å². The SMILES string of the molecule is CN1C2C=C(c3nonc3Br)CC1CC2. The van der Waals surface area contributed by atoms with Crippen LogP contribution < -0.4 is 0 Å². The monoisotopic (exact) mass is 269 g/mol. The Morgan fingerprint density at radius 1 is 1.47 bits per heavy atom. The van der Waals surface area contributed by atoms with Crippen LogP contribution in [0.5, 0.6) is 0 Å². The molecule has 2 unspecified atom stereocenters. The Hall–Kier alpha value is -0.680. The lowest BCUT2D eigenvalue weighted by Gasteiger charge is -2.29. The maximum Gasteiger partial charge on any atom is 0.177 e. The van der Waals surface area contributed by atoms with Crippen LogP contribution in [0.25, 0.3) is 5.57 Å². The van der Waals surface area contributed by atoms with Crippen LogP contribution in [0.3, 0.4) is 0 Å². The Kier molecular flexibility index (Phi) is 2.17. The van der Waals surface area contributed by atoms with E-state index < -0.39 is 0 Å². The Morgan fingerprint density at radius 2 is 2.33 bits per heavy atom. The van der Waals surface area contributed by atoms with Crippen molar-refractivity contribution in [3.8, 4) is 0 Å². The van der Waals surface area contributed by atoms with Gasteiger partial charge in [-0.25, -0.2) is 4.63 Å². The molecule has 1 fully saturated rings. The molecule has 1 saturated heterocycles. The van der Waals surface area contributed by atoms with Crippen molar-refractivity contribution in [1.29, 1.82) is 0 Å². The van der Waals surface area contributed by atoms with E-state index in [-0.39, 0.29) is 0 Å². The maximum atomic E-state index is 4.71. The second-order valence-electron chi connectivity index (χ2n) is 4.26. The van der Waals surface area contributed by atoms with E-state index in [0.717, 1.165) is 16.7 Å². The van der Waals surface area contributed by atoms with Crippen molar-refractivity contribution >= 4 is 21.5 Å². The second-order valence-corrected chi connectivity index (χ2v) is 5.01. The molecule has 4 nitrogen and oxygen atoms in total. The molecule has 0 aliphatic carbocycles. The van der Waals surface area contributed by atoms with Gasteiger partial charge in [-0.2, -0.15) is 0 Å². The molecular formula is C10H12BrN3O. The number of hydrogen-bond acceptors (Lipinski definition) is 4. The summed E-state index contributed by atoms with van der Waals surface area (Å²) in [4.78, 5) is 2.45. The van der Waals surface area contributed by atoms with Crippen molar-refractivity contribution in [2.24, 2.45) is 0 Å². The molecule has 2 atom stereocenters. The quantitative estimate of drug-likeness (QED) is 0.783. The summed E-state index contributed by atoms with van der Waals surface area (Å²) in [6.45, 7) is 0. The van der Waals surface area contributed by atoms with Gasteiger partial charge in [0.1, 0.15) is 5.69 Å². The second kappa shape index (κ2) is 3.42. The molecule has 5 heteroatoms. The first-order valence-corrected chi connectivity index (χ1v) is 5.96. The minimum atomic E-state index is 0.572. The Bertz CT molecular complexity index is 415. The zero-order valence-corrected chi connectivity index (χ0v) is 10.1. The number of fused-ring (bicyclic) bond motifs is 2. The Labute approximate surface area is 96.4 Å². The smallest absolute Gasteiger partial charge is 0.177 e. The standard InChI is InChI=1S/C10H12BrN3O/c1-14-7-2-3-8(14)5-6(4-7)9-10(11)13-15-12-9/h4,7-8H,2-3,5H2,1H3. The molecule has 0 saturated carbocycles. The molecule has 3 heterocycles. The summed E-state index contributed by atoms with van der Waals surface area (Å²) in [6, 6.07) is 1.24. The van der Waals surface area contributed by atoms with E-state index in [1.807, 2.05) is 0 Å². The molecule has 2 aliphatic rings. The summed E-state index contributed by atoms with van der Waals surface area (Å²) < 4.78 is 5.44. The third-order valence-electron chi connectivity index (χ3n) is 3.50. The van der Waals surface area contributed by atoms with Gasteiger partial charge < -0.3 is 0 Å². The van der Waals surface area contributed by atoms with Crippen LogP contribution >= 0.6 is 15.9 Å². The number of aromatic nitrogens is 2. The van der Waals surface area contributed by atoms with Crippen LogP contribution in [0, 0.1) is 0 Å². The number of nitrogens with zero attached hydrogens (tertiary/aromatic N) is 3. The first kappa shape index (κ1) is 9.54. The first-order valence-electron chi connectivity index (χ1n) is 5.17. The van der Waals surface area contributed by atoms with E-state index in [9.17, 15) is 0 Å². The average Bonchev–Trinajstić information content (AvgIpc) is 2.70. The van der Waals surface area contributed by atoms with E-state index in [2.05, 4.69) is 44.3 Å². The number of likely N-dealkylation sites (N-methyl/N-ethyl adjacent to an activating group) is 1. The van der Waals surface area contributed by atoms with E-state index in [1.165, 1.54) is 18.4 Å². The molecule has 0 aromatic carbocycles. The fourth-order valence-corrected chi connectivity index (χ4v) is 2.98. The summed E-state index contributed by atoms with van der Waals surface area (Å²) >= 11 is 3.36. The highest BCUT2D eigenvalue weighted by molar-refractivity contribution is 9.10. The minimum absolute atomic E-state index is 0.572. The summed E-state index contributed by atoms with van der Waals surface area (Å²) in [5, 5.41) is 7.70. The highest BCUT2D eigenvalue weighted by Gasteiger charge is 2.35. The number of hydrogen-bond donors (Lipinski definition) is 0. The van der Waals surface area contributed by atoms with Crippen molar-refractivity contribution < 1.29 is 4.63 Å². The van der Waals surface area contributed by atoms with Gasteiger partial charge in [-0.05, 0) is 58.1 Å². The van der Waals surface area contributed by atoms with Gasteiger partial charge >= 0.3 is 0 Å². The van der Waals surface area contributed by atoms with Gasteiger partial charge in [0.2, 0.25) is 0 Å². The third-order valence-corrected chi connectivity index (χ3v) is 4.02. The van der Waals surface area contributed by atoms with Crippen LogP contribution in [0.4, 0.5) is 0 Å². The van der Waals surface area contributed by atoms with E-state index in [1.54, 1.807) is 0 Å². The van der Waals surface area contributed by atoms with Crippen LogP contribution in [0.15, 0.2) is 15.3 Å². The van der Waals surface area contributed by atoms with Gasteiger partial charge in [0, 0.05) is 12.1 Å². The van der Waals surface area contributed by atoms with Crippen molar-refractivity contribution in [1.82, 2.24) is 15.2 Å². The fourth-order valence-electron chi connectivity index (χ4n) is 2.59. The lowest BCUT2D eigenvalue weighted by Crippen LogP contribution is -2.34. The van der Waals surface area contributed by atoms with Crippen LogP contribution in [-0.4, -0.2) is 34.3 Å². The predicted molar refractivity (Wildman–Crippen MR) is 59.2 cm³/mol.